The molecule has 0 unspecified atom stereocenters. The van der Waals surface area contributed by atoms with Gasteiger partial charge in [-0.15, -0.1) is 0 Å². The lowest BCUT2D eigenvalue weighted by molar-refractivity contribution is 0.0947. The molecule has 2 aromatic carbocycles. The first-order chi connectivity index (χ1) is 13.5. The highest BCUT2D eigenvalue weighted by Gasteiger charge is 2.15. The quantitative estimate of drug-likeness (QED) is 0.727. The van der Waals surface area contributed by atoms with E-state index in [1.54, 1.807) is 0 Å². The monoisotopic (exact) mass is 380 g/mol. The number of aryl methyl sites for hydroxylation is 1. The molecule has 0 radical (unpaired) electrons. The van der Waals surface area contributed by atoms with Gasteiger partial charge in [0.15, 0.2) is 0 Å². The number of hydrogen-bond donors (Lipinski definition) is 1. The molecule has 150 valence electrons. The van der Waals surface area contributed by atoms with Crippen LogP contribution in [0.2, 0.25) is 0 Å². The molecule has 1 N–H and O–H groups in total. The third-order valence-corrected chi connectivity index (χ3v) is 5.70. The molecule has 3 rings (SSSR count). The molecule has 0 spiro atoms. The summed E-state index contributed by atoms with van der Waals surface area (Å²) in [5.74, 6) is 1.68. The van der Waals surface area contributed by atoms with E-state index in [0.717, 1.165) is 23.8 Å². The van der Waals surface area contributed by atoms with E-state index >= 15 is 0 Å². The van der Waals surface area contributed by atoms with Crippen LogP contribution in [0.25, 0.3) is 0 Å². The average Bonchev–Trinajstić information content (AvgIpc) is 2.70. The van der Waals surface area contributed by atoms with E-state index in [2.05, 4.69) is 49.2 Å². The summed E-state index contributed by atoms with van der Waals surface area (Å²) in [5.41, 5.74) is 4.32. The number of amides is 1. The molecule has 1 saturated heterocycles. The molecule has 0 saturated carbocycles. The molecule has 1 heterocycles. The van der Waals surface area contributed by atoms with Crippen molar-refractivity contribution in [2.75, 3.05) is 26.2 Å². The van der Waals surface area contributed by atoms with Crippen molar-refractivity contribution in [3.8, 4) is 5.75 Å². The number of carbonyl (C=O) groups is 1. The Kier molecular flexibility index (Phi) is 7.10. The molecule has 0 bridgehead atoms. The van der Waals surface area contributed by atoms with Crippen LogP contribution in [0.1, 0.15) is 46.8 Å². The molecule has 0 atom stereocenters. The maximum absolute atomic E-state index is 12.3. The molecule has 0 aliphatic carbocycles. The zero-order chi connectivity index (χ0) is 19.9. The van der Waals surface area contributed by atoms with E-state index in [-0.39, 0.29) is 5.91 Å². The Hall–Kier alpha value is -2.33. The van der Waals surface area contributed by atoms with Crippen molar-refractivity contribution < 1.29 is 9.53 Å². The molecule has 1 aliphatic rings. The lowest BCUT2D eigenvalue weighted by Crippen LogP contribution is -2.32. The summed E-state index contributed by atoms with van der Waals surface area (Å²) in [7, 11) is 0. The van der Waals surface area contributed by atoms with E-state index in [9.17, 15) is 4.79 Å². The van der Waals surface area contributed by atoms with Gasteiger partial charge in [0.05, 0.1) is 6.54 Å². The van der Waals surface area contributed by atoms with Crippen LogP contribution in [0, 0.1) is 19.8 Å². The standard InChI is InChI=1S/C24H32N2O2/c1-18-11-14-26(15-12-18)17-21-7-9-22(10-8-21)24(27)25-13-16-28-23-6-4-5-19(2)20(23)3/h4-10,18H,11-17H2,1-3H3,(H,25,27). The minimum absolute atomic E-state index is 0.0529. The number of piperidine rings is 1. The van der Waals surface area contributed by atoms with Crippen LogP contribution in [0.4, 0.5) is 0 Å². The zero-order valence-electron chi connectivity index (χ0n) is 17.3. The number of benzene rings is 2. The summed E-state index contributed by atoms with van der Waals surface area (Å²) < 4.78 is 5.79. The molecule has 0 aromatic heterocycles. The highest BCUT2D eigenvalue weighted by molar-refractivity contribution is 5.94. The van der Waals surface area contributed by atoms with Crippen LogP contribution < -0.4 is 10.1 Å². The fourth-order valence-corrected chi connectivity index (χ4v) is 3.55. The van der Waals surface area contributed by atoms with Gasteiger partial charge in [0.2, 0.25) is 0 Å². The van der Waals surface area contributed by atoms with Gasteiger partial charge in [0.25, 0.3) is 5.91 Å². The molecule has 4 nitrogen and oxygen atoms in total. The normalized spacial score (nSPS) is 15.4. The lowest BCUT2D eigenvalue weighted by Gasteiger charge is -2.30. The van der Waals surface area contributed by atoms with Crippen molar-refractivity contribution in [2.45, 2.75) is 40.2 Å². The maximum atomic E-state index is 12.3. The topological polar surface area (TPSA) is 41.6 Å². The largest absolute Gasteiger partial charge is 0.491 e. The fraction of sp³-hybridized carbons (Fsp3) is 0.458. The van der Waals surface area contributed by atoms with Gasteiger partial charge in [-0.1, -0.05) is 31.2 Å². The number of nitrogens with one attached hydrogen (secondary N) is 1. The van der Waals surface area contributed by atoms with Gasteiger partial charge in [-0.05, 0) is 80.6 Å². The second kappa shape index (κ2) is 9.74. The van der Waals surface area contributed by atoms with Crippen molar-refractivity contribution in [1.29, 1.82) is 0 Å². The Bertz CT molecular complexity index is 778. The van der Waals surface area contributed by atoms with Crippen molar-refractivity contribution in [1.82, 2.24) is 10.2 Å². The van der Waals surface area contributed by atoms with Gasteiger partial charge in [0, 0.05) is 12.1 Å². The molecule has 1 amide bonds. The molecular weight excluding hydrogens is 348 g/mol. The number of hydrogen-bond acceptors (Lipinski definition) is 3. The summed E-state index contributed by atoms with van der Waals surface area (Å²) in [6.45, 7) is 10.7. The van der Waals surface area contributed by atoms with Gasteiger partial charge < -0.3 is 10.1 Å². The summed E-state index contributed by atoms with van der Waals surface area (Å²) >= 11 is 0. The van der Waals surface area contributed by atoms with Gasteiger partial charge in [-0.25, -0.2) is 0 Å². The maximum Gasteiger partial charge on any atom is 0.251 e. The van der Waals surface area contributed by atoms with Crippen LogP contribution in [0.3, 0.4) is 0 Å². The van der Waals surface area contributed by atoms with E-state index in [0.29, 0.717) is 18.7 Å². The van der Waals surface area contributed by atoms with E-state index in [1.165, 1.54) is 37.1 Å². The Morgan fingerprint density at radius 2 is 1.82 bits per heavy atom. The van der Waals surface area contributed by atoms with Crippen molar-refractivity contribution in [3.63, 3.8) is 0 Å². The summed E-state index contributed by atoms with van der Waals surface area (Å²) in [6, 6.07) is 14.0. The van der Waals surface area contributed by atoms with E-state index < -0.39 is 0 Å². The number of likely N-dealkylation sites (tertiary alicyclic amines) is 1. The minimum Gasteiger partial charge on any atom is -0.491 e. The minimum atomic E-state index is -0.0529. The molecular formula is C24H32N2O2. The first-order valence-corrected chi connectivity index (χ1v) is 10.3. The van der Waals surface area contributed by atoms with Crippen LogP contribution >= 0.6 is 0 Å². The third-order valence-electron chi connectivity index (χ3n) is 5.70. The van der Waals surface area contributed by atoms with Crippen LogP contribution in [-0.4, -0.2) is 37.0 Å². The predicted molar refractivity (Wildman–Crippen MR) is 114 cm³/mol. The summed E-state index contributed by atoms with van der Waals surface area (Å²) in [6.07, 6.45) is 2.56. The molecule has 2 aromatic rings. The highest BCUT2D eigenvalue weighted by Crippen LogP contribution is 2.20. The Morgan fingerprint density at radius 3 is 2.54 bits per heavy atom. The van der Waals surface area contributed by atoms with Crippen molar-refractivity contribution in [3.05, 3.63) is 64.7 Å². The van der Waals surface area contributed by atoms with Crippen molar-refractivity contribution in [2.24, 2.45) is 5.92 Å². The molecule has 1 aliphatic heterocycles. The molecule has 1 fully saturated rings. The second-order valence-electron chi connectivity index (χ2n) is 7.96. The average molecular weight is 381 g/mol. The van der Waals surface area contributed by atoms with Crippen LogP contribution in [0.5, 0.6) is 5.75 Å². The molecule has 28 heavy (non-hydrogen) atoms. The SMILES string of the molecule is Cc1cccc(OCCNC(=O)c2ccc(CN3CCC(C)CC3)cc2)c1C. The summed E-state index contributed by atoms with van der Waals surface area (Å²) in [5, 5.41) is 2.93. The number of rotatable bonds is 7. The Morgan fingerprint density at radius 1 is 1.11 bits per heavy atom. The lowest BCUT2D eigenvalue weighted by atomic mass is 9.99. The highest BCUT2D eigenvalue weighted by atomic mass is 16.5. The predicted octanol–water partition coefficient (Wildman–Crippen LogP) is 4.34. The first-order valence-electron chi connectivity index (χ1n) is 10.3. The second-order valence-corrected chi connectivity index (χ2v) is 7.96. The Labute approximate surface area is 168 Å². The van der Waals surface area contributed by atoms with Gasteiger partial charge >= 0.3 is 0 Å². The summed E-state index contributed by atoms with van der Waals surface area (Å²) in [4.78, 5) is 14.8. The molecule has 4 heteroatoms. The number of ether oxygens (including phenoxy) is 1. The van der Waals surface area contributed by atoms with Gasteiger partial charge in [0.1, 0.15) is 12.4 Å². The van der Waals surface area contributed by atoms with Gasteiger partial charge in [-0.2, -0.15) is 0 Å². The third kappa shape index (κ3) is 5.59. The van der Waals surface area contributed by atoms with Crippen LogP contribution in [0.15, 0.2) is 42.5 Å². The smallest absolute Gasteiger partial charge is 0.251 e. The first kappa shape index (κ1) is 20.4. The fourth-order valence-electron chi connectivity index (χ4n) is 3.55. The van der Waals surface area contributed by atoms with Crippen LogP contribution in [-0.2, 0) is 6.54 Å². The number of nitrogens with zero attached hydrogens (tertiary/aromatic N) is 1. The Balaban J connectivity index is 1.42. The van der Waals surface area contributed by atoms with E-state index in [4.69, 9.17) is 4.74 Å². The van der Waals surface area contributed by atoms with Crippen molar-refractivity contribution >= 4 is 5.91 Å². The van der Waals surface area contributed by atoms with Gasteiger partial charge in [-0.3, -0.25) is 9.69 Å². The zero-order valence-corrected chi connectivity index (χ0v) is 17.3. The number of carbonyl (C=O) groups excluding carboxylic acids is 1. The van der Waals surface area contributed by atoms with E-state index in [1.807, 2.05) is 24.3 Å².